The summed E-state index contributed by atoms with van der Waals surface area (Å²) >= 11 is 0. The first-order chi connectivity index (χ1) is 6.61. The molecule has 4 fully saturated rings. The van der Waals surface area contributed by atoms with Gasteiger partial charge in [-0.1, -0.05) is 6.92 Å². The molecule has 0 amide bonds. The summed E-state index contributed by atoms with van der Waals surface area (Å²) in [7, 11) is 0. The lowest BCUT2D eigenvalue weighted by Crippen LogP contribution is -2.52. The lowest BCUT2D eigenvalue weighted by Gasteiger charge is -2.58. The molecule has 14 heavy (non-hydrogen) atoms. The molecule has 4 rings (SSSR count). The standard InChI is InChI=1S/C13H20O/c1-8-11-3-10-4-12(8)7-13(5-10,6-11)9(2)14/h8,10-12H,3-7H2,1-2H3. The zero-order valence-electron chi connectivity index (χ0n) is 9.25. The Balaban J connectivity index is 1.96. The SMILES string of the molecule is CC(=O)C12CC3CC(C1)C(C)C(C3)C2. The highest BCUT2D eigenvalue weighted by Gasteiger charge is 2.55. The summed E-state index contributed by atoms with van der Waals surface area (Å²) in [5.41, 5.74) is 0.142. The fourth-order valence-electron chi connectivity index (χ4n) is 4.71. The van der Waals surface area contributed by atoms with E-state index in [0.29, 0.717) is 5.78 Å². The second kappa shape index (κ2) is 2.62. The number of carbonyl (C=O) groups excluding carboxylic acids is 1. The molecule has 78 valence electrons. The Bertz CT molecular complexity index is 265. The van der Waals surface area contributed by atoms with Crippen LogP contribution in [0.25, 0.3) is 0 Å². The Hall–Kier alpha value is -0.330. The smallest absolute Gasteiger partial charge is 0.135 e. The summed E-state index contributed by atoms with van der Waals surface area (Å²) in [6.45, 7) is 4.25. The predicted octanol–water partition coefficient (Wildman–Crippen LogP) is 3.04. The number of Topliss-reactive ketones (excluding diaryl/α,β-unsaturated/α-hetero) is 1. The summed E-state index contributed by atoms with van der Waals surface area (Å²) in [6.07, 6.45) is 6.51. The number of carbonyl (C=O) groups is 1. The van der Waals surface area contributed by atoms with Crippen LogP contribution >= 0.6 is 0 Å². The van der Waals surface area contributed by atoms with Crippen molar-refractivity contribution >= 4 is 5.78 Å². The number of hydrogen-bond donors (Lipinski definition) is 0. The molecule has 4 bridgehead atoms. The van der Waals surface area contributed by atoms with Gasteiger partial charge in [-0.3, -0.25) is 4.79 Å². The Morgan fingerprint density at radius 3 is 2.21 bits per heavy atom. The van der Waals surface area contributed by atoms with Gasteiger partial charge < -0.3 is 0 Å². The quantitative estimate of drug-likeness (QED) is 0.624. The van der Waals surface area contributed by atoms with Gasteiger partial charge in [0.25, 0.3) is 0 Å². The van der Waals surface area contributed by atoms with E-state index in [0.717, 1.165) is 23.7 Å². The Kier molecular flexibility index (Phi) is 1.67. The third-order valence-corrected chi connectivity index (χ3v) is 5.49. The summed E-state index contributed by atoms with van der Waals surface area (Å²) in [6, 6.07) is 0. The van der Waals surface area contributed by atoms with Crippen LogP contribution in [0.4, 0.5) is 0 Å². The molecule has 2 atom stereocenters. The molecule has 0 saturated heterocycles. The van der Waals surface area contributed by atoms with Crippen LogP contribution < -0.4 is 0 Å². The molecule has 0 N–H and O–H groups in total. The topological polar surface area (TPSA) is 17.1 Å². The summed E-state index contributed by atoms with van der Waals surface area (Å²) < 4.78 is 0. The molecule has 0 spiro atoms. The van der Waals surface area contributed by atoms with E-state index in [4.69, 9.17) is 0 Å². The van der Waals surface area contributed by atoms with E-state index in [1.54, 1.807) is 0 Å². The fourth-order valence-corrected chi connectivity index (χ4v) is 4.71. The molecule has 1 nitrogen and oxygen atoms in total. The van der Waals surface area contributed by atoms with Crippen LogP contribution in [-0.4, -0.2) is 5.78 Å². The van der Waals surface area contributed by atoms with Gasteiger partial charge in [-0.15, -0.1) is 0 Å². The lowest BCUT2D eigenvalue weighted by atomic mass is 9.46. The van der Waals surface area contributed by atoms with Crippen molar-refractivity contribution in [2.24, 2.45) is 29.1 Å². The molecular formula is C13H20O. The van der Waals surface area contributed by atoms with Crippen LogP contribution in [0, 0.1) is 29.1 Å². The maximum absolute atomic E-state index is 11.8. The van der Waals surface area contributed by atoms with Gasteiger partial charge in [0, 0.05) is 5.41 Å². The molecule has 0 aromatic rings. The zero-order chi connectivity index (χ0) is 9.92. The number of ketones is 1. The maximum Gasteiger partial charge on any atom is 0.135 e. The van der Waals surface area contributed by atoms with Crippen LogP contribution in [0.2, 0.25) is 0 Å². The lowest BCUT2D eigenvalue weighted by molar-refractivity contribution is -0.147. The summed E-state index contributed by atoms with van der Waals surface area (Å²) in [5, 5.41) is 0. The van der Waals surface area contributed by atoms with Crippen molar-refractivity contribution in [3.8, 4) is 0 Å². The average Bonchev–Trinajstić information content (AvgIpc) is 2.12. The molecule has 2 unspecified atom stereocenters. The van der Waals surface area contributed by atoms with Crippen molar-refractivity contribution in [2.75, 3.05) is 0 Å². The molecular weight excluding hydrogens is 172 g/mol. The monoisotopic (exact) mass is 192 g/mol. The van der Waals surface area contributed by atoms with E-state index in [2.05, 4.69) is 6.92 Å². The van der Waals surface area contributed by atoms with Gasteiger partial charge in [0.2, 0.25) is 0 Å². The molecule has 4 aliphatic carbocycles. The Morgan fingerprint density at radius 1 is 1.14 bits per heavy atom. The molecule has 0 aromatic heterocycles. The molecule has 4 aliphatic rings. The van der Waals surface area contributed by atoms with Crippen molar-refractivity contribution in [2.45, 2.75) is 46.0 Å². The number of hydrogen-bond acceptors (Lipinski definition) is 1. The minimum absolute atomic E-state index is 0.142. The van der Waals surface area contributed by atoms with Crippen molar-refractivity contribution in [3.05, 3.63) is 0 Å². The van der Waals surface area contributed by atoms with Crippen molar-refractivity contribution in [3.63, 3.8) is 0 Å². The van der Waals surface area contributed by atoms with Crippen molar-refractivity contribution in [1.29, 1.82) is 0 Å². The summed E-state index contributed by atoms with van der Waals surface area (Å²) in [5.74, 6) is 4.05. The van der Waals surface area contributed by atoms with E-state index in [1.807, 2.05) is 6.92 Å². The van der Waals surface area contributed by atoms with Crippen molar-refractivity contribution < 1.29 is 4.79 Å². The molecule has 4 saturated carbocycles. The average molecular weight is 192 g/mol. The minimum atomic E-state index is 0.142. The minimum Gasteiger partial charge on any atom is -0.299 e. The van der Waals surface area contributed by atoms with Gasteiger partial charge in [0.1, 0.15) is 5.78 Å². The maximum atomic E-state index is 11.8. The first kappa shape index (κ1) is 8.94. The normalized spacial score (nSPS) is 55.0. The predicted molar refractivity (Wildman–Crippen MR) is 55.8 cm³/mol. The molecule has 1 heteroatoms. The third-order valence-electron chi connectivity index (χ3n) is 5.49. The van der Waals surface area contributed by atoms with E-state index in [1.165, 1.54) is 32.1 Å². The van der Waals surface area contributed by atoms with Gasteiger partial charge in [-0.2, -0.15) is 0 Å². The second-order valence-corrected chi connectivity index (χ2v) is 6.17. The highest BCUT2D eigenvalue weighted by Crippen LogP contribution is 2.62. The highest BCUT2D eigenvalue weighted by atomic mass is 16.1. The van der Waals surface area contributed by atoms with Crippen LogP contribution in [0.3, 0.4) is 0 Å². The van der Waals surface area contributed by atoms with Crippen LogP contribution in [0.1, 0.15) is 46.0 Å². The van der Waals surface area contributed by atoms with Gasteiger partial charge in [-0.25, -0.2) is 0 Å². The van der Waals surface area contributed by atoms with E-state index in [-0.39, 0.29) is 5.41 Å². The zero-order valence-corrected chi connectivity index (χ0v) is 9.25. The first-order valence-electron chi connectivity index (χ1n) is 6.12. The van der Waals surface area contributed by atoms with Crippen LogP contribution in [-0.2, 0) is 4.79 Å². The second-order valence-electron chi connectivity index (χ2n) is 6.17. The van der Waals surface area contributed by atoms with Gasteiger partial charge in [-0.05, 0) is 62.7 Å². The van der Waals surface area contributed by atoms with Crippen LogP contribution in [0.15, 0.2) is 0 Å². The summed E-state index contributed by atoms with van der Waals surface area (Å²) in [4.78, 5) is 11.8. The van der Waals surface area contributed by atoms with Gasteiger partial charge in [0.15, 0.2) is 0 Å². The molecule has 0 heterocycles. The molecule has 0 aliphatic heterocycles. The van der Waals surface area contributed by atoms with E-state index < -0.39 is 0 Å². The Morgan fingerprint density at radius 2 is 1.71 bits per heavy atom. The van der Waals surface area contributed by atoms with Gasteiger partial charge >= 0.3 is 0 Å². The van der Waals surface area contributed by atoms with E-state index in [9.17, 15) is 4.79 Å². The first-order valence-corrected chi connectivity index (χ1v) is 6.12. The highest BCUT2D eigenvalue weighted by molar-refractivity contribution is 5.82. The third kappa shape index (κ3) is 0.988. The fraction of sp³-hybridized carbons (Fsp3) is 0.923. The molecule has 0 aromatic carbocycles. The largest absolute Gasteiger partial charge is 0.299 e. The van der Waals surface area contributed by atoms with Crippen LogP contribution in [0.5, 0.6) is 0 Å². The Labute approximate surface area is 86.3 Å². The van der Waals surface area contributed by atoms with Gasteiger partial charge in [0.05, 0.1) is 0 Å². The molecule has 0 radical (unpaired) electrons. The number of rotatable bonds is 1. The van der Waals surface area contributed by atoms with Crippen molar-refractivity contribution in [1.82, 2.24) is 0 Å². The van der Waals surface area contributed by atoms with E-state index >= 15 is 0 Å².